The van der Waals surface area contributed by atoms with Crippen molar-refractivity contribution in [1.82, 2.24) is 15.0 Å². The number of allylic oxidation sites excluding steroid dienone is 1. The van der Waals surface area contributed by atoms with Crippen LogP contribution >= 0.6 is 0 Å². The van der Waals surface area contributed by atoms with Crippen molar-refractivity contribution in [2.75, 3.05) is 9.80 Å². The van der Waals surface area contributed by atoms with E-state index in [4.69, 9.17) is 9.97 Å². The quantitative estimate of drug-likeness (QED) is 0.632. The van der Waals surface area contributed by atoms with Gasteiger partial charge in [0.15, 0.2) is 11.6 Å². The first-order valence-corrected chi connectivity index (χ1v) is 9.30. The van der Waals surface area contributed by atoms with Gasteiger partial charge in [0.1, 0.15) is 6.17 Å². The Balaban J connectivity index is 1.76. The molecule has 134 valence electrons. The van der Waals surface area contributed by atoms with Crippen molar-refractivity contribution in [3.8, 4) is 0 Å². The zero-order valence-corrected chi connectivity index (χ0v) is 15.2. The lowest BCUT2D eigenvalue weighted by Crippen LogP contribution is -2.48. The molecule has 5 heteroatoms. The van der Waals surface area contributed by atoms with Gasteiger partial charge in [0.2, 0.25) is 0 Å². The number of hydrogen-bond donors (Lipinski definition) is 0. The Kier molecular flexibility index (Phi) is 3.67. The fourth-order valence-corrected chi connectivity index (χ4v) is 4.56. The fourth-order valence-electron chi connectivity index (χ4n) is 4.56. The van der Waals surface area contributed by atoms with Crippen LogP contribution in [-0.4, -0.2) is 21.1 Å². The first-order valence-electron chi connectivity index (χ1n) is 9.30. The van der Waals surface area contributed by atoms with Crippen molar-refractivity contribution in [3.05, 3.63) is 79.4 Å². The molecule has 0 amide bonds. The van der Waals surface area contributed by atoms with Crippen LogP contribution in [0.1, 0.15) is 24.8 Å². The van der Waals surface area contributed by atoms with Crippen molar-refractivity contribution in [3.63, 3.8) is 0 Å². The van der Waals surface area contributed by atoms with Gasteiger partial charge in [-0.15, -0.1) is 6.58 Å². The number of pyridine rings is 1. The molecule has 3 unspecified atom stereocenters. The highest BCUT2D eigenvalue weighted by Crippen LogP contribution is 2.54. The summed E-state index contributed by atoms with van der Waals surface area (Å²) >= 11 is 0. The van der Waals surface area contributed by atoms with Gasteiger partial charge in [0.25, 0.3) is 0 Å². The Bertz CT molecular complexity index is 987. The summed E-state index contributed by atoms with van der Waals surface area (Å²) in [6.07, 6.45) is 10.3. The number of fused-ring (bicyclic) bond motifs is 5. The van der Waals surface area contributed by atoms with E-state index >= 15 is 0 Å². The number of anilines is 4. The highest BCUT2D eigenvalue weighted by Gasteiger charge is 2.49. The topological polar surface area (TPSA) is 45.2 Å². The smallest absolute Gasteiger partial charge is 0.178 e. The Morgan fingerprint density at radius 1 is 1.00 bits per heavy atom. The molecular weight excluding hydrogens is 334 g/mol. The second-order valence-corrected chi connectivity index (χ2v) is 7.12. The summed E-state index contributed by atoms with van der Waals surface area (Å²) in [5.74, 6) is 2.54. The minimum Gasteiger partial charge on any atom is -0.301 e. The molecule has 27 heavy (non-hydrogen) atoms. The van der Waals surface area contributed by atoms with E-state index in [2.05, 4.69) is 58.6 Å². The van der Waals surface area contributed by atoms with Crippen LogP contribution in [0, 0.1) is 5.92 Å². The molecule has 5 nitrogen and oxygen atoms in total. The minimum absolute atomic E-state index is 0.103. The molecule has 0 spiro atoms. The van der Waals surface area contributed by atoms with Crippen molar-refractivity contribution in [2.45, 2.75) is 25.4 Å². The predicted molar refractivity (Wildman–Crippen MR) is 107 cm³/mol. The number of nitrogens with zero attached hydrogens (tertiary/aromatic N) is 5. The lowest BCUT2D eigenvalue weighted by molar-refractivity contribution is 0.368. The Hall–Kier alpha value is -3.21. The summed E-state index contributed by atoms with van der Waals surface area (Å²) in [4.78, 5) is 18.4. The SMILES string of the molecule is C=CCC1c2ccccc2N2c3nccnc3N(c3cccnc3)C2C1C. The Morgan fingerprint density at radius 2 is 1.78 bits per heavy atom. The average molecular weight is 355 g/mol. The number of rotatable bonds is 3. The second kappa shape index (κ2) is 6.20. The van der Waals surface area contributed by atoms with E-state index in [-0.39, 0.29) is 6.17 Å². The van der Waals surface area contributed by atoms with Crippen molar-refractivity contribution >= 4 is 23.0 Å². The highest BCUT2D eigenvalue weighted by molar-refractivity contribution is 5.85. The molecular formula is C22H21N5. The molecule has 0 fully saturated rings. The van der Waals surface area contributed by atoms with Gasteiger partial charge in [-0.25, -0.2) is 9.97 Å². The molecule has 5 rings (SSSR count). The molecule has 3 aromatic rings. The van der Waals surface area contributed by atoms with Crippen LogP contribution < -0.4 is 9.80 Å². The molecule has 3 atom stereocenters. The maximum absolute atomic E-state index is 4.70. The molecule has 0 saturated carbocycles. The van der Waals surface area contributed by atoms with Crippen LogP contribution in [0.4, 0.5) is 23.0 Å². The maximum atomic E-state index is 4.70. The van der Waals surface area contributed by atoms with Gasteiger partial charge in [-0.1, -0.05) is 31.2 Å². The van der Waals surface area contributed by atoms with Crippen molar-refractivity contribution < 1.29 is 0 Å². The van der Waals surface area contributed by atoms with Crippen molar-refractivity contribution in [2.24, 2.45) is 5.92 Å². The number of hydrogen-bond acceptors (Lipinski definition) is 5. The van der Waals surface area contributed by atoms with Crippen LogP contribution in [0.25, 0.3) is 0 Å². The Morgan fingerprint density at radius 3 is 2.52 bits per heavy atom. The largest absolute Gasteiger partial charge is 0.301 e. The van der Waals surface area contributed by atoms with Crippen LogP contribution in [-0.2, 0) is 0 Å². The zero-order chi connectivity index (χ0) is 18.4. The maximum Gasteiger partial charge on any atom is 0.178 e. The first kappa shape index (κ1) is 16.0. The van der Waals surface area contributed by atoms with Crippen LogP contribution in [0.5, 0.6) is 0 Å². The van der Waals surface area contributed by atoms with Crippen LogP contribution in [0.2, 0.25) is 0 Å². The van der Waals surface area contributed by atoms with E-state index in [0.717, 1.165) is 23.7 Å². The van der Waals surface area contributed by atoms with Gasteiger partial charge in [0, 0.05) is 30.2 Å². The minimum atomic E-state index is 0.103. The first-order chi connectivity index (χ1) is 13.3. The van der Waals surface area contributed by atoms with Crippen LogP contribution in [0.15, 0.2) is 73.8 Å². The molecule has 0 aliphatic carbocycles. The molecule has 1 aromatic carbocycles. The summed E-state index contributed by atoms with van der Waals surface area (Å²) in [7, 11) is 0. The third-order valence-corrected chi connectivity index (χ3v) is 5.69. The second-order valence-electron chi connectivity index (χ2n) is 7.12. The van der Waals surface area contributed by atoms with Crippen molar-refractivity contribution in [1.29, 1.82) is 0 Å². The number of aromatic nitrogens is 3. The monoisotopic (exact) mass is 355 g/mol. The summed E-state index contributed by atoms with van der Waals surface area (Å²) in [5.41, 5.74) is 3.60. The average Bonchev–Trinajstić information content (AvgIpc) is 3.07. The van der Waals surface area contributed by atoms with Crippen LogP contribution in [0.3, 0.4) is 0 Å². The summed E-state index contributed by atoms with van der Waals surface area (Å²) in [5, 5.41) is 0. The molecule has 0 radical (unpaired) electrons. The van der Waals surface area contributed by atoms with E-state index in [1.54, 1.807) is 18.6 Å². The Labute approximate surface area is 159 Å². The van der Waals surface area contributed by atoms with Gasteiger partial charge in [-0.05, 0) is 36.1 Å². The normalized spacial score (nSPS) is 22.8. The number of benzene rings is 1. The fraction of sp³-hybridized carbons (Fsp3) is 0.227. The standard InChI is InChI=1S/C22H21N5/c1-3-7-17-15(2)22-26(16-8-6-11-23-14-16)20-21(25-13-12-24-20)27(22)19-10-5-4-9-18(17)19/h3-6,8-15,17,22H,1,7H2,2H3. The van der Waals surface area contributed by atoms with E-state index in [1.807, 2.05) is 18.3 Å². The molecule has 2 aliphatic heterocycles. The third-order valence-electron chi connectivity index (χ3n) is 5.69. The van der Waals surface area contributed by atoms with Gasteiger partial charge < -0.3 is 4.90 Å². The molecule has 2 aliphatic rings. The van der Waals surface area contributed by atoms with Gasteiger partial charge in [0.05, 0.1) is 11.9 Å². The zero-order valence-electron chi connectivity index (χ0n) is 15.2. The predicted octanol–water partition coefficient (Wildman–Crippen LogP) is 4.80. The van der Waals surface area contributed by atoms with E-state index < -0.39 is 0 Å². The molecule has 4 heterocycles. The van der Waals surface area contributed by atoms with Gasteiger partial charge in [-0.3, -0.25) is 9.88 Å². The van der Waals surface area contributed by atoms with E-state index in [9.17, 15) is 0 Å². The van der Waals surface area contributed by atoms with E-state index in [0.29, 0.717) is 11.8 Å². The molecule has 0 saturated heterocycles. The summed E-state index contributed by atoms with van der Waals surface area (Å²) < 4.78 is 0. The van der Waals surface area contributed by atoms with Gasteiger partial charge in [-0.2, -0.15) is 0 Å². The molecule has 0 N–H and O–H groups in total. The third kappa shape index (κ3) is 2.28. The molecule has 0 bridgehead atoms. The number of para-hydroxylation sites is 1. The highest BCUT2D eigenvalue weighted by atomic mass is 15.5. The van der Waals surface area contributed by atoms with Gasteiger partial charge >= 0.3 is 0 Å². The summed E-state index contributed by atoms with van der Waals surface area (Å²) in [6.45, 7) is 6.32. The summed E-state index contributed by atoms with van der Waals surface area (Å²) in [6, 6.07) is 12.7. The molecule has 2 aromatic heterocycles. The van der Waals surface area contributed by atoms with E-state index in [1.165, 1.54) is 11.3 Å². The lowest BCUT2D eigenvalue weighted by atomic mass is 9.78. The lowest BCUT2D eigenvalue weighted by Gasteiger charge is -2.45.